The lowest BCUT2D eigenvalue weighted by atomic mass is 9.93. The van der Waals surface area contributed by atoms with Crippen LogP contribution in [0.1, 0.15) is 18.4 Å². The first-order valence-electron chi connectivity index (χ1n) is 6.15. The van der Waals surface area contributed by atoms with Gasteiger partial charge in [0.1, 0.15) is 7.85 Å². The molecule has 2 radical (unpaired) electrons. The van der Waals surface area contributed by atoms with Gasteiger partial charge >= 0.3 is 6.03 Å². The molecule has 1 fully saturated rings. The van der Waals surface area contributed by atoms with Crippen molar-refractivity contribution in [3.05, 3.63) is 17.7 Å². The van der Waals surface area contributed by atoms with Gasteiger partial charge in [-0.05, 0) is 36.7 Å². The van der Waals surface area contributed by atoms with Crippen LogP contribution in [-0.2, 0) is 4.79 Å². The van der Waals surface area contributed by atoms with E-state index in [0.29, 0.717) is 11.2 Å². The molecule has 0 bridgehead atoms. The van der Waals surface area contributed by atoms with Crippen LogP contribution in [-0.4, -0.2) is 26.2 Å². The van der Waals surface area contributed by atoms with E-state index in [1.807, 2.05) is 13.0 Å². The fourth-order valence-corrected chi connectivity index (χ4v) is 2.33. The monoisotopic (exact) mass is 274 g/mol. The van der Waals surface area contributed by atoms with Crippen LogP contribution in [0.15, 0.2) is 12.1 Å². The molecule has 2 rings (SSSR count). The average Bonchev–Trinajstić information content (AvgIpc) is 3.14. The van der Waals surface area contributed by atoms with Gasteiger partial charge in [0.15, 0.2) is 5.78 Å². The number of amides is 2. The highest BCUT2D eigenvalue weighted by molar-refractivity contribution is 7.28. The van der Waals surface area contributed by atoms with Crippen LogP contribution in [0.5, 0.6) is 0 Å². The summed E-state index contributed by atoms with van der Waals surface area (Å²) in [5, 5.41) is 0.860. The number of aryl methyl sites for hydroxylation is 1. The summed E-state index contributed by atoms with van der Waals surface area (Å²) in [6, 6.07) is 2.91. The van der Waals surface area contributed by atoms with E-state index in [0.717, 1.165) is 23.7 Å². The molecule has 1 aliphatic carbocycles. The van der Waals surface area contributed by atoms with Crippen molar-refractivity contribution in [3.8, 4) is 0 Å². The van der Waals surface area contributed by atoms with E-state index < -0.39 is 6.03 Å². The number of carbonyl (C=O) groups excluding carboxylic acids is 2. The average molecular weight is 274 g/mol. The number of anilines is 1. The Labute approximate surface area is 116 Å². The third-order valence-electron chi connectivity index (χ3n) is 3.31. The smallest absolute Gasteiger partial charge is 0.319 e. The standard InChI is InChI=1S/C13H16BN2O2P/c1-7-4-12(19)9(14)5-10(7)16(13(15)18)6-11(17)8-2-3-8/h4-5,8H,2-3,6,19H2,1H3,(H2,15,18). The van der Waals surface area contributed by atoms with Crippen LogP contribution in [0.25, 0.3) is 0 Å². The molecule has 0 aliphatic heterocycles. The first-order valence-corrected chi connectivity index (χ1v) is 6.73. The van der Waals surface area contributed by atoms with E-state index in [4.69, 9.17) is 13.6 Å². The van der Waals surface area contributed by atoms with Gasteiger partial charge in [0.05, 0.1) is 6.54 Å². The van der Waals surface area contributed by atoms with Crippen LogP contribution < -0.4 is 21.4 Å². The predicted molar refractivity (Wildman–Crippen MR) is 80.6 cm³/mol. The zero-order valence-electron chi connectivity index (χ0n) is 10.8. The van der Waals surface area contributed by atoms with Crippen LogP contribution in [0.4, 0.5) is 10.5 Å². The molecule has 0 heterocycles. The quantitative estimate of drug-likeness (QED) is 0.627. The van der Waals surface area contributed by atoms with Crippen LogP contribution >= 0.6 is 9.24 Å². The molecule has 1 aromatic carbocycles. The van der Waals surface area contributed by atoms with E-state index in [2.05, 4.69) is 9.24 Å². The summed E-state index contributed by atoms with van der Waals surface area (Å²) in [7, 11) is 8.38. The van der Waals surface area contributed by atoms with Crippen molar-refractivity contribution in [1.82, 2.24) is 0 Å². The van der Waals surface area contributed by atoms with E-state index >= 15 is 0 Å². The summed E-state index contributed by atoms with van der Waals surface area (Å²) in [6.45, 7) is 1.89. The van der Waals surface area contributed by atoms with Crippen LogP contribution in [0, 0.1) is 12.8 Å². The second-order valence-corrected chi connectivity index (χ2v) is 5.55. The lowest BCUT2D eigenvalue weighted by molar-refractivity contribution is -0.118. The van der Waals surface area contributed by atoms with Crippen molar-refractivity contribution in [2.45, 2.75) is 19.8 Å². The van der Waals surface area contributed by atoms with Crippen molar-refractivity contribution in [2.24, 2.45) is 11.7 Å². The van der Waals surface area contributed by atoms with E-state index in [9.17, 15) is 9.59 Å². The fourth-order valence-electron chi connectivity index (χ4n) is 2.00. The minimum Gasteiger partial charge on any atom is -0.351 e. The Balaban J connectivity index is 2.30. The molecule has 1 aliphatic rings. The van der Waals surface area contributed by atoms with E-state index in [1.54, 1.807) is 6.07 Å². The molecule has 0 saturated heterocycles. The molecule has 0 spiro atoms. The van der Waals surface area contributed by atoms with E-state index in [1.165, 1.54) is 4.90 Å². The Morgan fingerprint density at radius 2 is 2.11 bits per heavy atom. The van der Waals surface area contributed by atoms with Gasteiger partial charge in [-0.2, -0.15) is 0 Å². The molecule has 0 aromatic heterocycles. The number of carbonyl (C=O) groups is 2. The van der Waals surface area contributed by atoms with E-state index in [-0.39, 0.29) is 18.2 Å². The number of urea groups is 1. The maximum Gasteiger partial charge on any atom is 0.319 e. The number of ketones is 1. The molecule has 1 aromatic rings. The number of primary amides is 1. The lowest BCUT2D eigenvalue weighted by Crippen LogP contribution is -2.41. The molecule has 1 saturated carbocycles. The zero-order valence-corrected chi connectivity index (χ0v) is 12.0. The van der Waals surface area contributed by atoms with Gasteiger partial charge in [0, 0.05) is 11.6 Å². The second kappa shape index (κ2) is 5.34. The molecule has 98 valence electrons. The lowest BCUT2D eigenvalue weighted by Gasteiger charge is -2.23. The van der Waals surface area contributed by atoms with Crippen LogP contribution in [0.2, 0.25) is 0 Å². The maximum atomic E-state index is 11.9. The number of Topliss-reactive ketones (excluding diaryl/α,β-unsaturated/α-hetero) is 1. The zero-order chi connectivity index (χ0) is 14.2. The van der Waals surface area contributed by atoms with Crippen LogP contribution in [0.3, 0.4) is 0 Å². The Morgan fingerprint density at radius 3 is 2.63 bits per heavy atom. The fraction of sp³-hybridized carbons (Fsp3) is 0.385. The number of hydrogen-bond donors (Lipinski definition) is 1. The van der Waals surface area contributed by atoms with Gasteiger partial charge in [0.2, 0.25) is 0 Å². The highest BCUT2D eigenvalue weighted by atomic mass is 31.0. The first kappa shape index (κ1) is 14.1. The van der Waals surface area contributed by atoms with Crippen molar-refractivity contribution >= 4 is 45.4 Å². The predicted octanol–water partition coefficient (Wildman–Crippen LogP) is 0.153. The number of benzene rings is 1. The van der Waals surface area contributed by atoms with Gasteiger partial charge in [-0.25, -0.2) is 4.79 Å². The third kappa shape index (κ3) is 3.16. The summed E-state index contributed by atoms with van der Waals surface area (Å²) < 4.78 is 0. The molecule has 19 heavy (non-hydrogen) atoms. The first-order chi connectivity index (χ1) is 8.90. The molecule has 1 unspecified atom stereocenters. The number of rotatable bonds is 4. The molecule has 6 heteroatoms. The normalized spacial score (nSPS) is 14.2. The van der Waals surface area contributed by atoms with Crippen molar-refractivity contribution < 1.29 is 9.59 Å². The largest absolute Gasteiger partial charge is 0.351 e. The Hall–Kier alpha value is -1.35. The summed E-state index contributed by atoms with van der Waals surface area (Å²) in [5.74, 6) is 0.159. The number of hydrogen-bond acceptors (Lipinski definition) is 2. The second-order valence-electron chi connectivity index (χ2n) is 4.93. The Morgan fingerprint density at radius 1 is 1.47 bits per heavy atom. The topological polar surface area (TPSA) is 63.4 Å². The third-order valence-corrected chi connectivity index (χ3v) is 3.81. The minimum atomic E-state index is -0.631. The summed E-state index contributed by atoms with van der Waals surface area (Å²) in [5.41, 5.74) is 7.40. The van der Waals surface area contributed by atoms with Gasteiger partial charge in [-0.15, -0.1) is 9.24 Å². The maximum absolute atomic E-state index is 11.9. The Bertz CT molecular complexity index is 544. The summed E-state index contributed by atoms with van der Waals surface area (Å²) in [6.07, 6.45) is 1.83. The molecule has 2 amide bonds. The number of nitrogens with zero attached hydrogens (tertiary/aromatic N) is 1. The molecule has 1 atom stereocenters. The molecule has 2 N–H and O–H groups in total. The van der Waals surface area contributed by atoms with Crippen molar-refractivity contribution in [2.75, 3.05) is 11.4 Å². The molecular weight excluding hydrogens is 258 g/mol. The highest BCUT2D eigenvalue weighted by Crippen LogP contribution is 2.30. The van der Waals surface area contributed by atoms with Gasteiger partial charge in [-0.3, -0.25) is 9.69 Å². The van der Waals surface area contributed by atoms with Crippen molar-refractivity contribution in [1.29, 1.82) is 0 Å². The van der Waals surface area contributed by atoms with Crippen molar-refractivity contribution in [3.63, 3.8) is 0 Å². The number of nitrogens with two attached hydrogens (primary N) is 1. The minimum absolute atomic E-state index is 0.0243. The Kier molecular flexibility index (Phi) is 3.95. The van der Waals surface area contributed by atoms with Gasteiger partial charge in [-0.1, -0.05) is 11.5 Å². The van der Waals surface area contributed by atoms with Gasteiger partial charge < -0.3 is 5.73 Å². The summed E-state index contributed by atoms with van der Waals surface area (Å²) >= 11 is 0. The summed E-state index contributed by atoms with van der Waals surface area (Å²) in [4.78, 5) is 24.8. The SMILES string of the molecule is [B]c1cc(N(CC(=O)C2CC2)C(N)=O)c(C)cc1P. The molecular formula is C13H16BN2O2P. The van der Waals surface area contributed by atoms with Gasteiger partial charge in [0.25, 0.3) is 0 Å². The highest BCUT2D eigenvalue weighted by Gasteiger charge is 2.31. The molecule has 4 nitrogen and oxygen atoms in total.